The number of anilines is 2. The molecule has 1 amide bonds. The molecule has 0 fully saturated rings. The lowest BCUT2D eigenvalue weighted by Gasteiger charge is -2.25. The van der Waals surface area contributed by atoms with E-state index in [1.165, 1.54) is 16.6 Å². The Bertz CT molecular complexity index is 1330. The van der Waals surface area contributed by atoms with Gasteiger partial charge in [-0.05, 0) is 11.6 Å². The van der Waals surface area contributed by atoms with Crippen molar-refractivity contribution in [1.29, 1.82) is 0 Å². The number of H-pyrrole nitrogens is 1. The summed E-state index contributed by atoms with van der Waals surface area (Å²) in [6.07, 6.45) is -1.000. The number of nitrogens with two attached hydrogens (primary N) is 1. The van der Waals surface area contributed by atoms with E-state index < -0.39 is 29.2 Å². The molecule has 2 heterocycles. The van der Waals surface area contributed by atoms with E-state index in [1.807, 2.05) is 30.3 Å². The van der Waals surface area contributed by atoms with E-state index in [0.29, 0.717) is 11.1 Å². The van der Waals surface area contributed by atoms with Crippen molar-refractivity contribution in [2.24, 2.45) is 0 Å². The Balaban J connectivity index is 1.69. The summed E-state index contributed by atoms with van der Waals surface area (Å²) in [4.78, 5) is 54.3. The highest BCUT2D eigenvalue weighted by molar-refractivity contribution is 5.98. The number of rotatable bonds is 8. The summed E-state index contributed by atoms with van der Waals surface area (Å²) in [7, 11) is 1.46. The summed E-state index contributed by atoms with van der Waals surface area (Å²) in [6.45, 7) is 0.229. The molecule has 176 valence electrons. The van der Waals surface area contributed by atoms with Gasteiger partial charge in [-0.3, -0.25) is 19.1 Å². The zero-order chi connectivity index (χ0) is 24.2. The number of ether oxygens (including phenoxy) is 2. The first kappa shape index (κ1) is 23.0. The van der Waals surface area contributed by atoms with Crippen molar-refractivity contribution in [3.05, 3.63) is 92.1 Å². The SMILES string of the molecule is COCCN(C(=O)C[C@H]1OC(=O)c2ccccc21)c1c(N)n(Cc2ccccc2)c(=O)[nH]c1=O. The Labute approximate surface area is 194 Å². The van der Waals surface area contributed by atoms with E-state index in [2.05, 4.69) is 4.98 Å². The summed E-state index contributed by atoms with van der Waals surface area (Å²) in [5.74, 6) is -1.16. The number of hydrogen-bond donors (Lipinski definition) is 2. The van der Waals surface area contributed by atoms with Gasteiger partial charge in [0.25, 0.3) is 5.56 Å². The van der Waals surface area contributed by atoms with Crippen LogP contribution >= 0.6 is 0 Å². The first-order valence-corrected chi connectivity index (χ1v) is 10.7. The topological polar surface area (TPSA) is 137 Å². The largest absolute Gasteiger partial charge is 0.453 e. The van der Waals surface area contributed by atoms with Gasteiger partial charge in [-0.1, -0.05) is 48.5 Å². The molecule has 0 aliphatic carbocycles. The molecule has 0 spiro atoms. The van der Waals surface area contributed by atoms with Crippen LogP contribution in [0.2, 0.25) is 0 Å². The van der Waals surface area contributed by atoms with Gasteiger partial charge in [0.2, 0.25) is 5.91 Å². The molecule has 0 bridgehead atoms. The van der Waals surface area contributed by atoms with Gasteiger partial charge in [-0.25, -0.2) is 9.59 Å². The number of aromatic nitrogens is 2. The molecule has 3 aromatic rings. The van der Waals surface area contributed by atoms with E-state index in [0.717, 1.165) is 5.56 Å². The third-order valence-electron chi connectivity index (χ3n) is 5.62. The minimum atomic E-state index is -0.795. The fraction of sp³-hybridized carbons (Fsp3) is 0.250. The van der Waals surface area contributed by atoms with Gasteiger partial charge < -0.3 is 20.1 Å². The molecule has 1 aromatic heterocycles. The highest BCUT2D eigenvalue weighted by Gasteiger charge is 2.34. The average molecular weight is 464 g/mol. The third-order valence-corrected chi connectivity index (χ3v) is 5.62. The van der Waals surface area contributed by atoms with Crippen LogP contribution in [0.4, 0.5) is 11.5 Å². The summed E-state index contributed by atoms with van der Waals surface area (Å²) in [5.41, 5.74) is 6.43. The molecular weight excluding hydrogens is 440 g/mol. The number of benzene rings is 2. The van der Waals surface area contributed by atoms with Crippen molar-refractivity contribution in [2.75, 3.05) is 30.9 Å². The van der Waals surface area contributed by atoms with Gasteiger partial charge >= 0.3 is 11.7 Å². The minimum absolute atomic E-state index is 0.00840. The number of nitrogens with zero attached hydrogens (tertiary/aromatic N) is 2. The quantitative estimate of drug-likeness (QED) is 0.482. The Kier molecular flexibility index (Phi) is 6.60. The summed E-state index contributed by atoms with van der Waals surface area (Å²) < 4.78 is 11.7. The lowest BCUT2D eigenvalue weighted by atomic mass is 10.0. The van der Waals surface area contributed by atoms with Crippen LogP contribution in [0.25, 0.3) is 0 Å². The van der Waals surface area contributed by atoms with Crippen LogP contribution in [0.3, 0.4) is 0 Å². The Hall–Kier alpha value is -4.18. The van der Waals surface area contributed by atoms with E-state index >= 15 is 0 Å². The normalized spacial score (nSPS) is 14.5. The van der Waals surface area contributed by atoms with E-state index in [-0.39, 0.29) is 37.6 Å². The molecule has 1 aliphatic rings. The molecular formula is C24H24N4O6. The van der Waals surface area contributed by atoms with Crippen LogP contribution in [0.5, 0.6) is 0 Å². The predicted octanol–water partition coefficient (Wildman–Crippen LogP) is 1.45. The van der Waals surface area contributed by atoms with Crippen LogP contribution in [0, 0.1) is 0 Å². The van der Waals surface area contributed by atoms with Gasteiger partial charge in [0, 0.05) is 19.2 Å². The minimum Gasteiger partial charge on any atom is -0.453 e. The van der Waals surface area contributed by atoms with Gasteiger partial charge in [-0.2, -0.15) is 0 Å². The van der Waals surface area contributed by atoms with Gasteiger partial charge in [0.1, 0.15) is 11.9 Å². The van der Waals surface area contributed by atoms with Crippen molar-refractivity contribution in [3.8, 4) is 0 Å². The molecule has 34 heavy (non-hydrogen) atoms. The monoisotopic (exact) mass is 464 g/mol. The van der Waals surface area contributed by atoms with Crippen LogP contribution in [-0.4, -0.2) is 41.7 Å². The van der Waals surface area contributed by atoms with E-state index in [4.69, 9.17) is 15.2 Å². The second-order valence-electron chi connectivity index (χ2n) is 7.79. The fourth-order valence-electron chi connectivity index (χ4n) is 3.95. The van der Waals surface area contributed by atoms with Crippen LogP contribution in [-0.2, 0) is 20.8 Å². The van der Waals surface area contributed by atoms with E-state index in [1.54, 1.807) is 24.3 Å². The zero-order valence-corrected chi connectivity index (χ0v) is 18.5. The van der Waals surface area contributed by atoms with Gasteiger partial charge in [0.05, 0.1) is 25.1 Å². The number of hydrogen-bond acceptors (Lipinski definition) is 7. The molecule has 10 nitrogen and oxygen atoms in total. The lowest BCUT2D eigenvalue weighted by Crippen LogP contribution is -2.43. The third kappa shape index (κ3) is 4.48. The number of carbonyl (C=O) groups excluding carboxylic acids is 2. The molecule has 0 unspecified atom stereocenters. The molecule has 2 aromatic carbocycles. The first-order chi connectivity index (χ1) is 16.4. The second-order valence-corrected chi connectivity index (χ2v) is 7.79. The molecule has 4 rings (SSSR count). The fourth-order valence-corrected chi connectivity index (χ4v) is 3.95. The Morgan fingerprint density at radius 2 is 1.82 bits per heavy atom. The number of esters is 1. The summed E-state index contributed by atoms with van der Waals surface area (Å²) >= 11 is 0. The van der Waals surface area contributed by atoms with Crippen molar-refractivity contribution in [2.45, 2.75) is 19.1 Å². The maximum absolute atomic E-state index is 13.4. The van der Waals surface area contributed by atoms with Crippen molar-refractivity contribution in [3.63, 3.8) is 0 Å². The second kappa shape index (κ2) is 9.75. The molecule has 3 N–H and O–H groups in total. The number of fused-ring (bicyclic) bond motifs is 1. The predicted molar refractivity (Wildman–Crippen MR) is 125 cm³/mol. The number of nitrogen functional groups attached to an aromatic ring is 1. The lowest BCUT2D eigenvalue weighted by molar-refractivity contribution is -0.120. The molecule has 1 aliphatic heterocycles. The molecule has 0 radical (unpaired) electrons. The highest BCUT2D eigenvalue weighted by Crippen LogP contribution is 2.33. The summed E-state index contributed by atoms with van der Waals surface area (Å²) in [5, 5.41) is 0. The number of aromatic amines is 1. The van der Waals surface area contributed by atoms with Gasteiger partial charge in [-0.15, -0.1) is 0 Å². The molecule has 1 atom stereocenters. The summed E-state index contributed by atoms with van der Waals surface area (Å²) in [6, 6.07) is 15.9. The van der Waals surface area contributed by atoms with Crippen molar-refractivity contribution < 1.29 is 19.1 Å². The Morgan fingerprint density at radius 3 is 2.56 bits per heavy atom. The van der Waals surface area contributed by atoms with Gasteiger partial charge in [0.15, 0.2) is 5.69 Å². The van der Waals surface area contributed by atoms with Crippen LogP contribution in [0.15, 0.2) is 64.2 Å². The van der Waals surface area contributed by atoms with Crippen LogP contribution in [0.1, 0.15) is 34.0 Å². The van der Waals surface area contributed by atoms with Crippen molar-refractivity contribution >= 4 is 23.4 Å². The van der Waals surface area contributed by atoms with Crippen molar-refractivity contribution in [1.82, 2.24) is 9.55 Å². The standard InChI is InChI=1S/C24H24N4O6/c1-33-12-11-27(19(29)13-18-16-9-5-6-10-17(16)23(31)34-18)20-21(25)28(24(32)26-22(20)30)14-15-7-3-2-4-8-15/h2-10,18H,11-14,25H2,1H3,(H,26,30,32)/t18-/m1/s1. The number of amides is 1. The number of cyclic esters (lactones) is 1. The average Bonchev–Trinajstić information content (AvgIpc) is 3.14. The zero-order valence-electron chi connectivity index (χ0n) is 18.5. The molecule has 0 saturated heterocycles. The highest BCUT2D eigenvalue weighted by atomic mass is 16.5. The number of carbonyl (C=O) groups is 2. The molecule has 0 saturated carbocycles. The maximum Gasteiger partial charge on any atom is 0.339 e. The number of nitrogens with one attached hydrogen (secondary N) is 1. The smallest absolute Gasteiger partial charge is 0.339 e. The first-order valence-electron chi connectivity index (χ1n) is 10.7. The van der Waals surface area contributed by atoms with E-state index in [9.17, 15) is 19.2 Å². The molecule has 10 heteroatoms. The number of methoxy groups -OCH3 is 1. The maximum atomic E-state index is 13.4. The Morgan fingerprint density at radius 1 is 1.12 bits per heavy atom. The van der Waals surface area contributed by atoms with Crippen LogP contribution < -0.4 is 21.9 Å².